The predicted molar refractivity (Wildman–Crippen MR) is 89.9 cm³/mol. The zero-order chi connectivity index (χ0) is 20.0. The molecule has 0 amide bonds. The minimum atomic E-state index is -1.70. The molecule has 1 aliphatic rings. The summed E-state index contributed by atoms with van der Waals surface area (Å²) in [6, 6.07) is 0. The molecule has 1 N–H and O–H groups in total. The van der Waals surface area contributed by atoms with Crippen molar-refractivity contribution in [2.24, 2.45) is 0 Å². The van der Waals surface area contributed by atoms with Gasteiger partial charge < -0.3 is 4.74 Å². The van der Waals surface area contributed by atoms with Gasteiger partial charge in [0.15, 0.2) is 23.3 Å². The van der Waals surface area contributed by atoms with Gasteiger partial charge >= 0.3 is 5.97 Å². The molecular formula is C16H18F4O5S2. The van der Waals surface area contributed by atoms with Gasteiger partial charge in [-0.25, -0.2) is 22.8 Å². The molecule has 0 spiro atoms. The smallest absolute Gasteiger partial charge is 0.307 e. The average molecular weight is 430 g/mol. The normalized spacial score (nSPS) is 16.4. The van der Waals surface area contributed by atoms with Crippen molar-refractivity contribution in [3.8, 4) is 0 Å². The third-order valence-electron chi connectivity index (χ3n) is 4.15. The van der Waals surface area contributed by atoms with Crippen LogP contribution >= 0.6 is 23.8 Å². The highest BCUT2D eigenvalue weighted by Gasteiger charge is 2.31. The molecule has 1 fully saturated rings. The number of esters is 1. The van der Waals surface area contributed by atoms with Crippen LogP contribution in [0.15, 0.2) is 9.79 Å². The lowest BCUT2D eigenvalue weighted by molar-refractivity contribution is -0.432. The first-order valence-corrected chi connectivity index (χ1v) is 9.87. The van der Waals surface area contributed by atoms with E-state index in [1.165, 1.54) is 0 Å². The van der Waals surface area contributed by atoms with Crippen molar-refractivity contribution in [1.82, 2.24) is 0 Å². The van der Waals surface area contributed by atoms with Gasteiger partial charge in [-0.05, 0) is 32.6 Å². The third-order valence-corrected chi connectivity index (χ3v) is 5.86. The second-order valence-corrected chi connectivity index (χ2v) is 8.04. The van der Waals surface area contributed by atoms with Crippen molar-refractivity contribution in [1.29, 1.82) is 0 Å². The van der Waals surface area contributed by atoms with Crippen LogP contribution in [-0.2, 0) is 18.9 Å². The fraction of sp³-hybridized carbons (Fsp3) is 0.562. The number of hydrogen-bond acceptors (Lipinski definition) is 7. The summed E-state index contributed by atoms with van der Waals surface area (Å²) in [6.07, 6.45) is 4.35. The van der Waals surface area contributed by atoms with Gasteiger partial charge in [0.2, 0.25) is 0 Å². The van der Waals surface area contributed by atoms with E-state index in [0.29, 0.717) is 11.8 Å². The number of halogens is 4. The second kappa shape index (κ2) is 9.97. The number of benzene rings is 1. The molecule has 0 bridgehead atoms. The van der Waals surface area contributed by atoms with Gasteiger partial charge in [0.25, 0.3) is 0 Å². The molecule has 1 saturated carbocycles. The van der Waals surface area contributed by atoms with Crippen LogP contribution in [0.1, 0.15) is 45.4 Å². The van der Waals surface area contributed by atoms with Gasteiger partial charge in [-0.2, -0.15) is 0 Å². The van der Waals surface area contributed by atoms with Gasteiger partial charge in [0.1, 0.15) is 10.5 Å². The summed E-state index contributed by atoms with van der Waals surface area (Å²) in [5.74, 6) is -7.31. The van der Waals surface area contributed by atoms with Gasteiger partial charge in [-0.1, -0.05) is 11.5 Å². The van der Waals surface area contributed by atoms with Crippen LogP contribution in [0.3, 0.4) is 0 Å². The average Bonchev–Trinajstić information content (AvgIpc) is 2.63. The molecule has 11 heteroatoms. The maximum absolute atomic E-state index is 14.0. The highest BCUT2D eigenvalue weighted by molar-refractivity contribution is 7.99. The van der Waals surface area contributed by atoms with Crippen molar-refractivity contribution in [3.05, 3.63) is 23.3 Å². The molecule has 2 rings (SSSR count). The zero-order valence-corrected chi connectivity index (χ0v) is 16.0. The van der Waals surface area contributed by atoms with Crippen LogP contribution in [-0.4, -0.2) is 22.6 Å². The summed E-state index contributed by atoms with van der Waals surface area (Å²) in [5, 5.41) is 11.1. The first-order valence-electron chi connectivity index (χ1n) is 8.14. The summed E-state index contributed by atoms with van der Waals surface area (Å²) in [4.78, 5) is 9.92. The van der Waals surface area contributed by atoms with Crippen LogP contribution in [0, 0.1) is 23.3 Å². The Kier molecular flexibility index (Phi) is 8.22. The molecule has 1 aromatic rings. The van der Waals surface area contributed by atoms with E-state index in [0.717, 1.165) is 32.1 Å². The Bertz CT molecular complexity index is 654. The maximum Gasteiger partial charge on any atom is 0.307 e. The molecule has 0 saturated heterocycles. The number of carbonyl (C=O) groups is 1. The summed E-state index contributed by atoms with van der Waals surface area (Å²) in [5.41, 5.74) is -0.539. The zero-order valence-electron chi connectivity index (χ0n) is 14.4. The predicted octanol–water partition coefficient (Wildman–Crippen LogP) is 5.42. The first kappa shape index (κ1) is 22.3. The molecule has 1 aliphatic carbocycles. The van der Waals surface area contributed by atoms with Crippen LogP contribution < -0.4 is 0 Å². The Morgan fingerprint density at radius 1 is 1.04 bits per heavy atom. The molecule has 0 aliphatic heterocycles. The topological polar surface area (TPSA) is 65.0 Å². The van der Waals surface area contributed by atoms with Crippen molar-refractivity contribution >= 4 is 29.8 Å². The van der Waals surface area contributed by atoms with Gasteiger partial charge in [0.05, 0.1) is 23.4 Å². The largest absolute Gasteiger partial charge is 0.459 e. The fourth-order valence-corrected chi connectivity index (χ4v) is 4.13. The number of hydrogen-bond donors (Lipinski definition) is 1. The lowest BCUT2D eigenvalue weighted by atomic mass is 9.86. The number of thioether (sulfide) groups is 1. The Hall–Kier alpha value is -1.01. The Morgan fingerprint density at radius 2 is 1.59 bits per heavy atom. The fourth-order valence-electron chi connectivity index (χ4n) is 2.80. The second-order valence-electron chi connectivity index (χ2n) is 6.22. The van der Waals surface area contributed by atoms with Crippen LogP contribution in [0.25, 0.3) is 0 Å². The quantitative estimate of drug-likeness (QED) is 0.112. The van der Waals surface area contributed by atoms with Crippen molar-refractivity contribution in [3.63, 3.8) is 0 Å². The monoisotopic (exact) mass is 430 g/mol. The van der Waals surface area contributed by atoms with E-state index in [4.69, 9.17) is 9.99 Å². The summed E-state index contributed by atoms with van der Waals surface area (Å²) >= 11 is 0.235. The van der Waals surface area contributed by atoms with Crippen LogP contribution in [0.5, 0.6) is 0 Å². The van der Waals surface area contributed by atoms with Crippen LogP contribution in [0.2, 0.25) is 0 Å². The van der Waals surface area contributed by atoms with E-state index in [2.05, 4.69) is 9.37 Å². The minimum Gasteiger partial charge on any atom is -0.459 e. The number of ether oxygens (including phenoxy) is 1. The van der Waals surface area contributed by atoms with Crippen molar-refractivity contribution in [2.75, 3.05) is 5.75 Å². The van der Waals surface area contributed by atoms with Gasteiger partial charge in [-0.15, -0.1) is 16.1 Å². The number of rotatable bonds is 8. The van der Waals surface area contributed by atoms with Gasteiger partial charge in [0, 0.05) is 5.75 Å². The summed E-state index contributed by atoms with van der Waals surface area (Å²) < 4.78 is 64.9. The van der Waals surface area contributed by atoms with E-state index in [1.54, 1.807) is 0 Å². The first-order chi connectivity index (χ1) is 12.8. The molecule has 0 atom stereocenters. The molecule has 27 heavy (non-hydrogen) atoms. The lowest BCUT2D eigenvalue weighted by Crippen LogP contribution is -2.34. The molecule has 0 unspecified atom stereocenters. The van der Waals surface area contributed by atoms with E-state index >= 15 is 0 Å². The highest BCUT2D eigenvalue weighted by atomic mass is 32.2. The van der Waals surface area contributed by atoms with E-state index in [-0.39, 0.29) is 24.2 Å². The Balaban J connectivity index is 1.98. The third kappa shape index (κ3) is 5.74. The minimum absolute atomic E-state index is 0.121. The van der Waals surface area contributed by atoms with E-state index in [9.17, 15) is 22.4 Å². The van der Waals surface area contributed by atoms with E-state index in [1.807, 2.05) is 6.92 Å². The highest BCUT2D eigenvalue weighted by Crippen LogP contribution is 2.37. The molecule has 152 valence electrons. The molecular weight excluding hydrogens is 412 g/mol. The molecule has 0 radical (unpaired) electrons. The maximum atomic E-state index is 14.0. The molecule has 0 heterocycles. The Morgan fingerprint density at radius 3 is 2.15 bits per heavy atom. The summed E-state index contributed by atoms with van der Waals surface area (Å²) in [6.45, 7) is 1.84. The Labute approximate surface area is 161 Å². The SMILES string of the molecule is CC1(OC(=O)CCSc2c(F)c(F)c(SOOO)c(F)c2F)CCCCC1. The molecule has 5 nitrogen and oxygen atoms in total. The van der Waals surface area contributed by atoms with Crippen LogP contribution in [0.4, 0.5) is 17.6 Å². The molecule has 1 aromatic carbocycles. The number of carbonyl (C=O) groups excluding carboxylic acids is 1. The van der Waals surface area contributed by atoms with E-state index < -0.39 is 44.6 Å². The standard InChI is InChI=1S/C16H18F4O5S2/c1-16(6-3-2-4-7-16)23-9(21)5-8-26-14-10(17)12(19)15(27-25-24-22)13(20)11(14)18/h22H,2-8H2,1H3. The molecule has 0 aromatic heterocycles. The van der Waals surface area contributed by atoms with Gasteiger partial charge in [-0.3, -0.25) is 4.79 Å². The summed E-state index contributed by atoms with van der Waals surface area (Å²) in [7, 11) is 0. The van der Waals surface area contributed by atoms with Crippen molar-refractivity contribution in [2.45, 2.75) is 60.8 Å². The van der Waals surface area contributed by atoms with Crippen molar-refractivity contribution < 1.29 is 41.7 Å². The lowest BCUT2D eigenvalue weighted by Gasteiger charge is -2.33.